The molecule has 74 heavy (non-hydrogen) atoms. The number of rotatable bonds is 17. The number of esters is 4. The van der Waals surface area contributed by atoms with E-state index in [9.17, 15) is 19.2 Å². The van der Waals surface area contributed by atoms with Crippen LogP contribution in [0.15, 0.2) is 162 Å². The fraction of sp³-hybridized carbons (Fsp3) is 0.361. The van der Waals surface area contributed by atoms with Gasteiger partial charge in [-0.2, -0.15) is 0 Å². The molecular formula is C61H65N3O10. The minimum absolute atomic E-state index is 0.0231. The van der Waals surface area contributed by atoms with Crippen molar-refractivity contribution >= 4 is 35.9 Å². The zero-order valence-corrected chi connectivity index (χ0v) is 42.4. The van der Waals surface area contributed by atoms with Crippen molar-refractivity contribution in [2.75, 3.05) is 39.3 Å². The minimum Gasteiger partial charge on any atom is -0.459 e. The molecule has 5 aromatic carbocycles. The SMILES string of the molecule is Cc1cc(C=CCCN2CCCC3(CCNCC3)C2)ccc1CC1=C(C(C)C)N=C1OC1OC(COC(=O)c2ccccc2)C(OC(=O)c2ccccc2)C(OC(=O)c2ccccc2)C1OC(=O)c1ccccc1. The van der Waals surface area contributed by atoms with Gasteiger partial charge in [0, 0.05) is 25.1 Å². The summed E-state index contributed by atoms with van der Waals surface area (Å²) in [5.41, 5.74) is 6.24. The Labute approximate surface area is 433 Å². The second-order valence-corrected chi connectivity index (χ2v) is 20.0. The van der Waals surface area contributed by atoms with Gasteiger partial charge in [0.1, 0.15) is 12.7 Å². The van der Waals surface area contributed by atoms with E-state index in [0.717, 1.165) is 54.0 Å². The van der Waals surface area contributed by atoms with Crippen LogP contribution >= 0.6 is 0 Å². The van der Waals surface area contributed by atoms with Crippen LogP contribution in [-0.4, -0.2) is 105 Å². The van der Waals surface area contributed by atoms with E-state index in [1.165, 1.54) is 38.8 Å². The van der Waals surface area contributed by atoms with Gasteiger partial charge in [-0.25, -0.2) is 24.2 Å². The summed E-state index contributed by atoms with van der Waals surface area (Å²) in [5, 5.41) is 3.53. The number of hydrogen-bond acceptors (Lipinski definition) is 13. The first kappa shape index (κ1) is 51.7. The summed E-state index contributed by atoms with van der Waals surface area (Å²) in [4.78, 5) is 63.4. The largest absolute Gasteiger partial charge is 0.459 e. The lowest BCUT2D eigenvalue weighted by molar-refractivity contribution is -0.279. The number of carbonyl (C=O) groups excluding carboxylic acids is 4. The number of likely N-dealkylation sites (tertiary alicyclic amines) is 1. The molecule has 0 saturated carbocycles. The van der Waals surface area contributed by atoms with Crippen LogP contribution < -0.4 is 5.32 Å². The molecule has 0 amide bonds. The summed E-state index contributed by atoms with van der Waals surface area (Å²) in [7, 11) is 0. The van der Waals surface area contributed by atoms with Gasteiger partial charge in [0.15, 0.2) is 12.2 Å². The molecule has 5 aromatic rings. The second kappa shape index (κ2) is 24.2. The molecule has 0 aromatic heterocycles. The summed E-state index contributed by atoms with van der Waals surface area (Å²) in [6, 6.07) is 39.7. The molecule has 4 heterocycles. The van der Waals surface area contributed by atoms with Crippen molar-refractivity contribution in [1.82, 2.24) is 10.2 Å². The Morgan fingerprint density at radius 3 is 1.84 bits per heavy atom. The first-order valence-corrected chi connectivity index (χ1v) is 25.9. The van der Waals surface area contributed by atoms with Crippen LogP contribution in [0, 0.1) is 18.3 Å². The number of benzene rings is 5. The van der Waals surface area contributed by atoms with Crippen LogP contribution in [0.3, 0.4) is 0 Å². The van der Waals surface area contributed by atoms with E-state index in [2.05, 4.69) is 61.3 Å². The highest BCUT2D eigenvalue weighted by Crippen LogP contribution is 2.39. The Hall–Kier alpha value is -7.19. The molecule has 384 valence electrons. The average molecular weight is 1000 g/mol. The molecule has 0 aliphatic carbocycles. The lowest BCUT2D eigenvalue weighted by Crippen LogP contribution is -2.63. The summed E-state index contributed by atoms with van der Waals surface area (Å²) in [5.74, 6) is -2.80. The quantitative estimate of drug-likeness (QED) is 0.0698. The first-order valence-electron chi connectivity index (χ1n) is 25.9. The van der Waals surface area contributed by atoms with Crippen LogP contribution in [-0.2, 0) is 34.8 Å². The third kappa shape index (κ3) is 12.8. The standard InChI is InChI=1S/C61H65N3O10/c1-41(2)51-49(38-48-29-28-43(37-42(48)3)19-16-17-35-64-36-18-30-61(40-64)31-33-62-34-32-61)55(63-51)74-60-54(73-59(68)47-26-14-7-15-27-47)53(72-58(67)46-24-12-6-13-25-46)52(71-57(66)45-22-10-5-11-23-45)50(70-60)39-69-56(65)44-20-8-4-9-21-44/h4-16,19-29,37,41,50,52-54,60,62H,17-18,30-36,38-40H2,1-3H3. The Balaban J connectivity index is 0.992. The summed E-state index contributed by atoms with van der Waals surface area (Å²) in [6.07, 6.45) is 3.59. The van der Waals surface area contributed by atoms with Gasteiger partial charge in [-0.3, -0.25) is 0 Å². The molecule has 9 rings (SSSR count). The van der Waals surface area contributed by atoms with Crippen molar-refractivity contribution in [3.63, 3.8) is 0 Å². The van der Waals surface area contributed by atoms with E-state index < -0.39 is 61.2 Å². The van der Waals surface area contributed by atoms with Gasteiger partial charge in [0.25, 0.3) is 0 Å². The number of aliphatic imine (C=N–C) groups is 1. The lowest BCUT2D eigenvalue weighted by Gasteiger charge is -2.45. The highest BCUT2D eigenvalue weighted by Gasteiger charge is 2.55. The first-order chi connectivity index (χ1) is 36.0. The predicted octanol–water partition coefficient (Wildman–Crippen LogP) is 10.0. The van der Waals surface area contributed by atoms with Gasteiger partial charge in [0.05, 0.1) is 28.0 Å². The van der Waals surface area contributed by atoms with Crippen molar-refractivity contribution in [3.8, 4) is 0 Å². The molecule has 1 N–H and O–H groups in total. The number of hydrogen-bond donors (Lipinski definition) is 1. The van der Waals surface area contributed by atoms with Crippen LogP contribution in [0.2, 0.25) is 0 Å². The molecule has 13 heteroatoms. The third-order valence-electron chi connectivity index (χ3n) is 14.4. The lowest BCUT2D eigenvalue weighted by atomic mass is 9.73. The molecular weight excluding hydrogens is 935 g/mol. The fourth-order valence-corrected chi connectivity index (χ4v) is 10.3. The molecule has 0 bridgehead atoms. The van der Waals surface area contributed by atoms with Crippen molar-refractivity contribution in [2.24, 2.45) is 16.3 Å². The van der Waals surface area contributed by atoms with Gasteiger partial charge >= 0.3 is 23.9 Å². The zero-order valence-electron chi connectivity index (χ0n) is 42.4. The normalized spacial score (nSPS) is 21.6. The van der Waals surface area contributed by atoms with Crippen molar-refractivity contribution < 1.29 is 47.6 Å². The van der Waals surface area contributed by atoms with Gasteiger partial charge in [-0.05, 0) is 135 Å². The molecule has 4 aliphatic heterocycles. The van der Waals surface area contributed by atoms with E-state index in [1.807, 2.05) is 0 Å². The summed E-state index contributed by atoms with van der Waals surface area (Å²) in [6.45, 7) is 11.4. The van der Waals surface area contributed by atoms with Crippen LogP contribution in [0.5, 0.6) is 0 Å². The van der Waals surface area contributed by atoms with Crippen molar-refractivity contribution in [2.45, 2.75) is 90.0 Å². The second-order valence-electron chi connectivity index (χ2n) is 20.0. The van der Waals surface area contributed by atoms with Gasteiger partial charge in [-0.15, -0.1) is 0 Å². The number of nitrogens with one attached hydrogen (secondary N) is 1. The Bertz CT molecular complexity index is 2820. The minimum atomic E-state index is -1.58. The smallest absolute Gasteiger partial charge is 0.338 e. The topological polar surface area (TPSA) is 151 Å². The number of piperidine rings is 2. The number of ether oxygens (including phenoxy) is 6. The Morgan fingerprint density at radius 1 is 0.716 bits per heavy atom. The average Bonchev–Trinajstić information content (AvgIpc) is 3.42. The van der Waals surface area contributed by atoms with E-state index in [4.69, 9.17) is 33.4 Å². The maximum Gasteiger partial charge on any atom is 0.338 e. The van der Waals surface area contributed by atoms with Crippen molar-refractivity contribution in [3.05, 3.63) is 196 Å². The number of aryl methyl sites for hydroxylation is 1. The van der Waals surface area contributed by atoms with E-state index in [-0.39, 0.29) is 34.1 Å². The maximum atomic E-state index is 14.2. The van der Waals surface area contributed by atoms with Gasteiger partial charge < -0.3 is 38.6 Å². The molecule has 1 spiro atoms. The van der Waals surface area contributed by atoms with Crippen LogP contribution in [0.1, 0.15) is 104 Å². The maximum absolute atomic E-state index is 14.2. The number of nitrogens with zero attached hydrogens (tertiary/aromatic N) is 2. The van der Waals surface area contributed by atoms with E-state index in [1.54, 1.807) is 121 Å². The summed E-state index contributed by atoms with van der Waals surface area (Å²) < 4.78 is 38.1. The predicted molar refractivity (Wildman–Crippen MR) is 281 cm³/mol. The molecule has 3 fully saturated rings. The monoisotopic (exact) mass is 999 g/mol. The molecule has 5 unspecified atom stereocenters. The van der Waals surface area contributed by atoms with Crippen LogP contribution in [0.4, 0.5) is 0 Å². The summed E-state index contributed by atoms with van der Waals surface area (Å²) >= 11 is 0. The highest BCUT2D eigenvalue weighted by molar-refractivity contribution is 6.01. The Kier molecular flexibility index (Phi) is 16.9. The molecule has 0 radical (unpaired) electrons. The van der Waals surface area contributed by atoms with Crippen LogP contribution in [0.25, 0.3) is 6.08 Å². The van der Waals surface area contributed by atoms with Crippen molar-refractivity contribution in [1.29, 1.82) is 0 Å². The van der Waals surface area contributed by atoms with E-state index in [0.29, 0.717) is 11.8 Å². The molecule has 4 aliphatic rings. The van der Waals surface area contributed by atoms with E-state index >= 15 is 0 Å². The Morgan fingerprint density at radius 2 is 1.27 bits per heavy atom. The number of carbonyl (C=O) groups is 4. The van der Waals surface area contributed by atoms with Gasteiger partial charge in [0.2, 0.25) is 18.3 Å². The zero-order chi connectivity index (χ0) is 51.4. The number of allylic oxidation sites excluding steroid dienone is 1. The third-order valence-corrected chi connectivity index (χ3v) is 14.4. The molecule has 13 nitrogen and oxygen atoms in total. The molecule has 5 atom stereocenters. The fourth-order valence-electron chi connectivity index (χ4n) is 10.3. The molecule has 3 saturated heterocycles. The highest BCUT2D eigenvalue weighted by atomic mass is 16.7. The van der Waals surface area contributed by atoms with Gasteiger partial charge in [-0.1, -0.05) is 117 Å².